The Kier molecular flexibility index (Phi) is 11.6. The Bertz CT molecular complexity index is 247. The molecular formula is C6H10NNaO3S2. The molecule has 0 fully saturated rings. The van der Waals surface area contributed by atoms with Crippen LogP contribution in [0.3, 0.4) is 0 Å². The molecule has 0 aromatic rings. The van der Waals surface area contributed by atoms with Gasteiger partial charge in [-0.3, -0.25) is 0 Å². The number of rotatable bonds is 6. The van der Waals surface area contributed by atoms with E-state index in [0.29, 0.717) is 24.3 Å². The van der Waals surface area contributed by atoms with Crippen LogP contribution in [0.15, 0.2) is 0 Å². The second kappa shape index (κ2) is 9.31. The van der Waals surface area contributed by atoms with E-state index >= 15 is 0 Å². The van der Waals surface area contributed by atoms with Gasteiger partial charge in [-0.2, -0.15) is 17.0 Å². The van der Waals surface area contributed by atoms with Gasteiger partial charge < -0.3 is 4.55 Å². The fraction of sp³-hybridized carbons (Fsp3) is 0.833. The van der Waals surface area contributed by atoms with E-state index in [0.717, 1.165) is 0 Å². The summed E-state index contributed by atoms with van der Waals surface area (Å²) in [7, 11) is -4.05. The molecule has 0 saturated carbocycles. The molecule has 13 heavy (non-hydrogen) atoms. The minimum atomic E-state index is -4.05. The predicted octanol–water partition coefficient (Wildman–Crippen LogP) is -2.43. The van der Waals surface area contributed by atoms with Gasteiger partial charge in [0.15, 0.2) is 0 Å². The average Bonchev–Trinajstić information content (AvgIpc) is 1.94. The Hall–Kier alpha value is 0.750. The Morgan fingerprint density at radius 1 is 1.38 bits per heavy atom. The Morgan fingerprint density at radius 2 is 2.00 bits per heavy atom. The van der Waals surface area contributed by atoms with E-state index < -0.39 is 10.1 Å². The monoisotopic (exact) mass is 231 g/mol. The molecule has 0 aliphatic rings. The second-order valence-corrected chi connectivity index (χ2v) is 4.88. The van der Waals surface area contributed by atoms with Crippen LogP contribution in [-0.4, -0.2) is 30.2 Å². The van der Waals surface area contributed by atoms with Gasteiger partial charge in [0.25, 0.3) is 0 Å². The number of hydrogen-bond acceptors (Lipinski definition) is 5. The molecule has 0 atom stereocenters. The summed E-state index contributed by atoms with van der Waals surface area (Å²) in [5, 5.41) is 8.14. The quantitative estimate of drug-likeness (QED) is 0.288. The van der Waals surface area contributed by atoms with E-state index in [1.165, 1.54) is 11.8 Å². The smallest absolute Gasteiger partial charge is 0.748 e. The molecule has 0 aromatic heterocycles. The van der Waals surface area contributed by atoms with Crippen LogP contribution in [-0.2, 0) is 10.1 Å². The fourth-order valence-electron chi connectivity index (χ4n) is 0.558. The predicted molar refractivity (Wildman–Crippen MR) is 46.7 cm³/mol. The van der Waals surface area contributed by atoms with Gasteiger partial charge in [-0.15, -0.1) is 0 Å². The normalized spacial score (nSPS) is 10.2. The van der Waals surface area contributed by atoms with Crippen molar-refractivity contribution in [2.75, 3.05) is 17.3 Å². The first-order valence-electron chi connectivity index (χ1n) is 3.44. The molecule has 0 rings (SSSR count). The molecule has 0 radical (unpaired) electrons. The summed E-state index contributed by atoms with van der Waals surface area (Å²) in [6, 6.07) is 1.97. The maximum Gasteiger partial charge on any atom is 1.00 e. The van der Waals surface area contributed by atoms with Gasteiger partial charge in [-0.25, -0.2) is 8.42 Å². The van der Waals surface area contributed by atoms with Crippen LogP contribution in [0.1, 0.15) is 12.8 Å². The fourth-order valence-corrected chi connectivity index (χ4v) is 2.03. The number of nitriles is 1. The molecule has 0 saturated heterocycles. The van der Waals surface area contributed by atoms with E-state index in [4.69, 9.17) is 5.26 Å². The van der Waals surface area contributed by atoms with Crippen LogP contribution in [0.5, 0.6) is 0 Å². The summed E-state index contributed by atoms with van der Waals surface area (Å²) in [5.74, 6) is 1.03. The van der Waals surface area contributed by atoms with E-state index in [9.17, 15) is 13.0 Å². The molecule has 0 unspecified atom stereocenters. The van der Waals surface area contributed by atoms with Crippen molar-refractivity contribution in [3.63, 3.8) is 0 Å². The van der Waals surface area contributed by atoms with Gasteiger partial charge >= 0.3 is 29.6 Å². The molecule has 70 valence electrons. The third-order valence-corrected chi connectivity index (χ3v) is 2.90. The molecular weight excluding hydrogens is 221 g/mol. The molecule has 0 amide bonds. The Balaban J connectivity index is 0. The van der Waals surface area contributed by atoms with E-state index in [-0.39, 0.29) is 35.3 Å². The van der Waals surface area contributed by atoms with Crippen LogP contribution in [0.4, 0.5) is 0 Å². The van der Waals surface area contributed by atoms with E-state index in [1.807, 2.05) is 6.07 Å². The van der Waals surface area contributed by atoms with Crippen molar-refractivity contribution >= 4 is 21.9 Å². The molecule has 7 heteroatoms. The first kappa shape index (κ1) is 16.2. The summed E-state index contributed by atoms with van der Waals surface area (Å²) in [6.45, 7) is 0. The van der Waals surface area contributed by atoms with Crippen molar-refractivity contribution in [1.82, 2.24) is 0 Å². The molecule has 0 aliphatic carbocycles. The van der Waals surface area contributed by atoms with Gasteiger partial charge in [-0.1, -0.05) is 0 Å². The largest absolute Gasteiger partial charge is 1.00 e. The standard InChI is InChI=1S/C6H11NO3S2.Na/c7-3-1-4-11-5-2-6-12(8,9)10;/h1-2,4-6H2,(H,8,9,10);/q;+1/p-1. The molecule has 0 N–H and O–H groups in total. The molecule has 0 bridgehead atoms. The maximum atomic E-state index is 10.1. The van der Waals surface area contributed by atoms with Crippen LogP contribution < -0.4 is 29.6 Å². The zero-order valence-electron chi connectivity index (χ0n) is 7.52. The second-order valence-electron chi connectivity index (χ2n) is 2.14. The van der Waals surface area contributed by atoms with Crippen molar-refractivity contribution in [2.45, 2.75) is 12.8 Å². The van der Waals surface area contributed by atoms with Crippen LogP contribution in [0.25, 0.3) is 0 Å². The summed E-state index contributed by atoms with van der Waals surface area (Å²) >= 11 is 1.49. The summed E-state index contributed by atoms with van der Waals surface area (Å²) in [6.07, 6.45) is 0.844. The number of thioether (sulfide) groups is 1. The van der Waals surface area contributed by atoms with Crippen LogP contribution in [0, 0.1) is 11.3 Å². The topological polar surface area (TPSA) is 81.0 Å². The number of hydrogen-bond donors (Lipinski definition) is 0. The molecule has 4 nitrogen and oxygen atoms in total. The molecule has 0 aliphatic heterocycles. The van der Waals surface area contributed by atoms with Gasteiger partial charge in [0.2, 0.25) is 0 Å². The molecule has 0 heterocycles. The van der Waals surface area contributed by atoms with Crippen molar-refractivity contribution < 1.29 is 42.5 Å². The van der Waals surface area contributed by atoms with Gasteiger partial charge in [-0.05, 0) is 12.2 Å². The Labute approximate surface area is 105 Å². The van der Waals surface area contributed by atoms with E-state index in [2.05, 4.69) is 0 Å². The van der Waals surface area contributed by atoms with Crippen LogP contribution >= 0.6 is 11.8 Å². The minimum Gasteiger partial charge on any atom is -0.748 e. The molecule has 0 aromatic carbocycles. The SMILES string of the molecule is N#CCCSCCCS(=O)(=O)[O-].[Na+]. The van der Waals surface area contributed by atoms with Crippen molar-refractivity contribution in [1.29, 1.82) is 5.26 Å². The third kappa shape index (κ3) is 15.5. The van der Waals surface area contributed by atoms with Crippen molar-refractivity contribution in [3.05, 3.63) is 0 Å². The average molecular weight is 231 g/mol. The number of nitrogens with zero attached hydrogens (tertiary/aromatic N) is 1. The summed E-state index contributed by atoms with van der Waals surface area (Å²) in [5.41, 5.74) is 0. The molecule has 0 spiro atoms. The Morgan fingerprint density at radius 3 is 2.46 bits per heavy atom. The summed E-state index contributed by atoms with van der Waals surface area (Å²) in [4.78, 5) is 0. The third-order valence-electron chi connectivity index (χ3n) is 1.04. The first-order valence-corrected chi connectivity index (χ1v) is 6.18. The minimum absolute atomic E-state index is 0. The van der Waals surface area contributed by atoms with Crippen LogP contribution in [0.2, 0.25) is 0 Å². The first-order chi connectivity index (χ1) is 5.56. The maximum absolute atomic E-state index is 10.1. The zero-order chi connectivity index (χ0) is 9.45. The van der Waals surface area contributed by atoms with Crippen molar-refractivity contribution in [2.24, 2.45) is 0 Å². The van der Waals surface area contributed by atoms with Gasteiger partial charge in [0.1, 0.15) is 0 Å². The summed E-state index contributed by atoms with van der Waals surface area (Å²) < 4.78 is 30.3. The van der Waals surface area contributed by atoms with E-state index in [1.54, 1.807) is 0 Å². The van der Waals surface area contributed by atoms with Crippen molar-refractivity contribution in [3.8, 4) is 6.07 Å². The zero-order valence-corrected chi connectivity index (χ0v) is 11.2. The van der Waals surface area contributed by atoms with Gasteiger partial charge in [0, 0.05) is 17.9 Å². The van der Waals surface area contributed by atoms with Gasteiger partial charge in [0.05, 0.1) is 16.2 Å².